The highest BCUT2D eigenvalue weighted by Crippen LogP contribution is 2.28. The molecule has 5 nitrogen and oxygen atoms in total. The first-order valence-corrected chi connectivity index (χ1v) is 7.77. The minimum atomic E-state index is -0.229. The van der Waals surface area contributed by atoms with E-state index >= 15 is 0 Å². The van der Waals surface area contributed by atoms with Gasteiger partial charge in [0.25, 0.3) is 0 Å². The zero-order valence-corrected chi connectivity index (χ0v) is 12.5. The molecular weight excluding hydrogens is 284 g/mol. The summed E-state index contributed by atoms with van der Waals surface area (Å²) in [7, 11) is 0. The van der Waals surface area contributed by atoms with Gasteiger partial charge in [-0.25, -0.2) is 4.79 Å². The maximum atomic E-state index is 11.7. The van der Waals surface area contributed by atoms with Crippen molar-refractivity contribution < 1.29 is 4.79 Å². The molecule has 3 aromatic rings. The molecule has 0 atom stereocenters. The maximum Gasteiger partial charge on any atom is 0.320 e. The second kappa shape index (κ2) is 5.97. The number of aromatic nitrogens is 2. The SMILES string of the molecule is CCCNC(=O)Nc1n[nH]c2cc(-c3ccsc3)ccc12. The molecule has 0 aliphatic heterocycles. The van der Waals surface area contributed by atoms with E-state index in [4.69, 9.17) is 0 Å². The minimum Gasteiger partial charge on any atom is -0.338 e. The van der Waals surface area contributed by atoms with Gasteiger partial charge in [-0.2, -0.15) is 16.4 Å². The van der Waals surface area contributed by atoms with Gasteiger partial charge in [-0.15, -0.1) is 0 Å². The van der Waals surface area contributed by atoms with Crippen molar-refractivity contribution in [2.45, 2.75) is 13.3 Å². The minimum absolute atomic E-state index is 0.229. The maximum absolute atomic E-state index is 11.7. The number of carbonyl (C=O) groups excluding carboxylic acids is 1. The third-order valence-electron chi connectivity index (χ3n) is 3.18. The van der Waals surface area contributed by atoms with E-state index in [1.807, 2.05) is 25.1 Å². The summed E-state index contributed by atoms with van der Waals surface area (Å²) >= 11 is 1.67. The molecular formula is C15H16N4OS. The molecule has 0 bridgehead atoms. The van der Waals surface area contributed by atoms with E-state index in [2.05, 4.69) is 37.7 Å². The molecule has 0 aliphatic carbocycles. The van der Waals surface area contributed by atoms with Crippen LogP contribution in [0.1, 0.15) is 13.3 Å². The Kier molecular flexibility index (Phi) is 3.87. The number of hydrogen-bond acceptors (Lipinski definition) is 3. The molecule has 0 fully saturated rings. The molecule has 0 spiro atoms. The molecule has 0 unspecified atom stereocenters. The molecule has 2 aromatic heterocycles. The van der Waals surface area contributed by atoms with Gasteiger partial charge in [-0.1, -0.05) is 13.0 Å². The quantitative estimate of drug-likeness (QED) is 0.685. The van der Waals surface area contributed by atoms with Crippen molar-refractivity contribution in [1.82, 2.24) is 15.5 Å². The molecule has 6 heteroatoms. The second-order valence-electron chi connectivity index (χ2n) is 4.73. The molecule has 3 rings (SSSR count). The van der Waals surface area contributed by atoms with Crippen molar-refractivity contribution in [2.75, 3.05) is 11.9 Å². The number of H-pyrrole nitrogens is 1. The lowest BCUT2D eigenvalue weighted by molar-refractivity contribution is 0.252. The molecule has 108 valence electrons. The van der Waals surface area contributed by atoms with E-state index in [1.54, 1.807) is 11.3 Å². The summed E-state index contributed by atoms with van der Waals surface area (Å²) in [5.74, 6) is 0.551. The summed E-state index contributed by atoms with van der Waals surface area (Å²) in [6.07, 6.45) is 0.902. The zero-order chi connectivity index (χ0) is 14.7. The van der Waals surface area contributed by atoms with Crippen molar-refractivity contribution in [3.8, 4) is 11.1 Å². The van der Waals surface area contributed by atoms with Crippen LogP contribution in [0.5, 0.6) is 0 Å². The van der Waals surface area contributed by atoms with Crippen LogP contribution in [0.15, 0.2) is 35.0 Å². The summed E-state index contributed by atoms with van der Waals surface area (Å²) in [5, 5.41) is 17.7. The van der Waals surface area contributed by atoms with Crippen molar-refractivity contribution in [3.63, 3.8) is 0 Å². The lowest BCUT2D eigenvalue weighted by atomic mass is 10.1. The summed E-state index contributed by atoms with van der Waals surface area (Å²) in [6, 6.07) is 7.90. The number of rotatable bonds is 4. The van der Waals surface area contributed by atoms with E-state index in [0.29, 0.717) is 12.4 Å². The van der Waals surface area contributed by atoms with Gasteiger partial charge in [0, 0.05) is 11.9 Å². The standard InChI is InChI=1S/C15H16N4OS/c1-2-6-16-15(20)17-14-12-4-3-10(8-13(12)18-19-14)11-5-7-21-9-11/h3-5,7-9H,2,6H2,1H3,(H3,16,17,18,19,20). The van der Waals surface area contributed by atoms with Gasteiger partial charge in [-0.3, -0.25) is 10.4 Å². The van der Waals surface area contributed by atoms with Crippen LogP contribution in [0, 0.1) is 0 Å². The molecule has 0 saturated heterocycles. The number of amides is 2. The lowest BCUT2D eigenvalue weighted by Crippen LogP contribution is -2.29. The van der Waals surface area contributed by atoms with Gasteiger partial charge in [0.15, 0.2) is 5.82 Å². The fraction of sp³-hybridized carbons (Fsp3) is 0.200. The van der Waals surface area contributed by atoms with E-state index < -0.39 is 0 Å². The Hall–Kier alpha value is -2.34. The molecule has 0 radical (unpaired) electrons. The predicted octanol–water partition coefficient (Wildman–Crippen LogP) is 3.82. The number of anilines is 1. The monoisotopic (exact) mass is 300 g/mol. The average molecular weight is 300 g/mol. The Labute approximate surface area is 126 Å². The predicted molar refractivity (Wildman–Crippen MR) is 86.7 cm³/mol. The van der Waals surface area contributed by atoms with Crippen LogP contribution in [0.3, 0.4) is 0 Å². The Morgan fingerprint density at radius 1 is 1.33 bits per heavy atom. The first-order chi connectivity index (χ1) is 10.3. The number of fused-ring (bicyclic) bond motifs is 1. The van der Waals surface area contributed by atoms with Crippen LogP contribution in [0.2, 0.25) is 0 Å². The summed E-state index contributed by atoms with van der Waals surface area (Å²) < 4.78 is 0. The third kappa shape index (κ3) is 2.90. The first-order valence-electron chi connectivity index (χ1n) is 6.83. The van der Waals surface area contributed by atoms with Crippen molar-refractivity contribution >= 4 is 34.1 Å². The molecule has 2 amide bonds. The number of nitrogens with zero attached hydrogens (tertiary/aromatic N) is 1. The normalized spacial score (nSPS) is 10.7. The molecule has 21 heavy (non-hydrogen) atoms. The largest absolute Gasteiger partial charge is 0.338 e. The lowest BCUT2D eigenvalue weighted by Gasteiger charge is -2.04. The smallest absolute Gasteiger partial charge is 0.320 e. The van der Waals surface area contributed by atoms with E-state index in [-0.39, 0.29) is 6.03 Å². The van der Waals surface area contributed by atoms with Crippen LogP contribution in [0.4, 0.5) is 10.6 Å². The van der Waals surface area contributed by atoms with Gasteiger partial charge in [0.1, 0.15) is 0 Å². The molecule has 0 saturated carbocycles. The number of hydrogen-bond donors (Lipinski definition) is 3. The van der Waals surface area contributed by atoms with Crippen LogP contribution in [-0.2, 0) is 0 Å². The molecule has 1 aromatic carbocycles. The van der Waals surface area contributed by atoms with Gasteiger partial charge in [0.2, 0.25) is 0 Å². The summed E-state index contributed by atoms with van der Waals surface area (Å²) in [6.45, 7) is 2.66. The Bertz CT molecular complexity index is 748. The zero-order valence-electron chi connectivity index (χ0n) is 11.6. The van der Waals surface area contributed by atoms with Gasteiger partial charge in [-0.05, 0) is 46.5 Å². The van der Waals surface area contributed by atoms with E-state index in [0.717, 1.165) is 22.9 Å². The van der Waals surface area contributed by atoms with Crippen LogP contribution in [-0.4, -0.2) is 22.8 Å². The third-order valence-corrected chi connectivity index (χ3v) is 3.87. The van der Waals surface area contributed by atoms with E-state index in [9.17, 15) is 4.79 Å². The van der Waals surface area contributed by atoms with Crippen molar-refractivity contribution in [1.29, 1.82) is 0 Å². The highest BCUT2D eigenvalue weighted by molar-refractivity contribution is 7.08. The topological polar surface area (TPSA) is 69.8 Å². The Balaban J connectivity index is 1.84. The fourth-order valence-corrected chi connectivity index (χ4v) is 2.78. The van der Waals surface area contributed by atoms with Gasteiger partial charge < -0.3 is 5.32 Å². The van der Waals surface area contributed by atoms with Crippen molar-refractivity contribution in [3.05, 3.63) is 35.0 Å². The van der Waals surface area contributed by atoms with Crippen LogP contribution in [0.25, 0.3) is 22.0 Å². The van der Waals surface area contributed by atoms with Gasteiger partial charge in [0.05, 0.1) is 5.52 Å². The molecule has 3 N–H and O–H groups in total. The second-order valence-corrected chi connectivity index (χ2v) is 5.51. The number of aromatic amines is 1. The van der Waals surface area contributed by atoms with Crippen LogP contribution < -0.4 is 10.6 Å². The van der Waals surface area contributed by atoms with Crippen LogP contribution >= 0.6 is 11.3 Å². The molecule has 2 heterocycles. The van der Waals surface area contributed by atoms with Crippen molar-refractivity contribution in [2.24, 2.45) is 0 Å². The summed E-state index contributed by atoms with van der Waals surface area (Å²) in [5.41, 5.74) is 3.23. The number of urea groups is 1. The number of carbonyl (C=O) groups is 1. The fourth-order valence-electron chi connectivity index (χ4n) is 2.11. The average Bonchev–Trinajstić information content (AvgIpc) is 3.15. The highest BCUT2D eigenvalue weighted by atomic mass is 32.1. The molecule has 0 aliphatic rings. The summed E-state index contributed by atoms with van der Waals surface area (Å²) in [4.78, 5) is 11.7. The Morgan fingerprint density at radius 2 is 2.24 bits per heavy atom. The number of nitrogens with one attached hydrogen (secondary N) is 3. The number of benzene rings is 1. The van der Waals surface area contributed by atoms with Gasteiger partial charge >= 0.3 is 6.03 Å². The number of thiophene rings is 1. The first kappa shape index (κ1) is 13.6. The van der Waals surface area contributed by atoms with E-state index in [1.165, 1.54) is 5.56 Å². The Morgan fingerprint density at radius 3 is 3.00 bits per heavy atom. The highest BCUT2D eigenvalue weighted by Gasteiger charge is 2.10.